The average molecular weight is 378 g/mol. The number of hydrogen-bond acceptors (Lipinski definition) is 4. The highest BCUT2D eigenvalue weighted by molar-refractivity contribution is 14.1. The van der Waals surface area contributed by atoms with Gasteiger partial charge in [0.25, 0.3) is 0 Å². The van der Waals surface area contributed by atoms with Crippen LogP contribution in [0.25, 0.3) is 0 Å². The zero-order chi connectivity index (χ0) is 14.3. The van der Waals surface area contributed by atoms with Gasteiger partial charge >= 0.3 is 11.9 Å². The van der Waals surface area contributed by atoms with Crippen LogP contribution >= 0.6 is 22.6 Å². The summed E-state index contributed by atoms with van der Waals surface area (Å²) in [7, 11) is 0. The molecule has 1 aromatic rings. The van der Waals surface area contributed by atoms with Gasteiger partial charge in [-0.15, -0.1) is 0 Å². The molecule has 0 spiro atoms. The third kappa shape index (κ3) is 6.02. The van der Waals surface area contributed by atoms with Crippen LogP contribution in [0.4, 0.5) is 0 Å². The molecule has 0 saturated carbocycles. The van der Waals surface area contributed by atoms with E-state index in [1.165, 1.54) is 0 Å². The smallest absolute Gasteiger partial charge is 0.347 e. The number of ether oxygens (including phenoxy) is 2. The van der Waals surface area contributed by atoms with E-state index in [-0.39, 0.29) is 13.2 Å². The van der Waals surface area contributed by atoms with Crippen molar-refractivity contribution < 1.29 is 24.2 Å². The van der Waals surface area contributed by atoms with E-state index >= 15 is 0 Å². The molecule has 5 nitrogen and oxygen atoms in total. The van der Waals surface area contributed by atoms with Crippen LogP contribution < -0.4 is 0 Å². The lowest BCUT2D eigenvalue weighted by atomic mass is 10.2. The minimum Gasteiger partial charge on any atom is -0.478 e. The monoisotopic (exact) mass is 378 g/mol. The van der Waals surface area contributed by atoms with E-state index in [0.717, 1.165) is 5.56 Å². The number of esters is 1. The summed E-state index contributed by atoms with van der Waals surface area (Å²) < 4.78 is 9.71. The van der Waals surface area contributed by atoms with Gasteiger partial charge in [-0.25, -0.2) is 4.79 Å². The lowest BCUT2D eigenvalue weighted by Gasteiger charge is -2.15. The number of hydrogen-bond donors (Lipinski definition) is 1. The van der Waals surface area contributed by atoms with Crippen LogP contribution in [0.3, 0.4) is 0 Å². The van der Waals surface area contributed by atoms with Crippen molar-refractivity contribution in [3.05, 3.63) is 35.9 Å². The normalized spacial score (nSPS) is 13.6. The summed E-state index contributed by atoms with van der Waals surface area (Å²) in [5, 5.41) is 8.94. The fourth-order valence-corrected chi connectivity index (χ4v) is 1.39. The summed E-state index contributed by atoms with van der Waals surface area (Å²) in [6, 6.07) is 9.35. The molecule has 6 heteroatoms. The van der Waals surface area contributed by atoms with Crippen LogP contribution in [0.5, 0.6) is 0 Å². The molecular weight excluding hydrogens is 363 g/mol. The van der Waals surface area contributed by atoms with Crippen LogP contribution in [-0.4, -0.2) is 33.7 Å². The topological polar surface area (TPSA) is 72.8 Å². The van der Waals surface area contributed by atoms with Gasteiger partial charge in [0.05, 0.1) is 13.2 Å². The molecular formula is C13H15IO5. The number of halogens is 1. The molecule has 0 heterocycles. The van der Waals surface area contributed by atoms with Crippen LogP contribution in [0.15, 0.2) is 30.3 Å². The molecule has 1 N–H and O–H groups in total. The first-order chi connectivity index (χ1) is 9.00. The van der Waals surface area contributed by atoms with Gasteiger partial charge in [0.2, 0.25) is 6.10 Å². The lowest BCUT2D eigenvalue weighted by molar-refractivity contribution is -0.167. The van der Waals surface area contributed by atoms with E-state index in [9.17, 15) is 9.59 Å². The van der Waals surface area contributed by atoms with Crippen molar-refractivity contribution >= 4 is 34.5 Å². The molecule has 0 bridgehead atoms. The molecule has 0 radical (unpaired) electrons. The van der Waals surface area contributed by atoms with E-state index in [4.69, 9.17) is 14.6 Å². The van der Waals surface area contributed by atoms with E-state index in [2.05, 4.69) is 0 Å². The van der Waals surface area contributed by atoms with Gasteiger partial charge in [0.1, 0.15) is 3.92 Å². The van der Waals surface area contributed by atoms with Gasteiger partial charge in [-0.05, 0) is 12.5 Å². The van der Waals surface area contributed by atoms with Gasteiger partial charge < -0.3 is 14.6 Å². The third-order valence-corrected chi connectivity index (χ3v) is 2.75. The largest absolute Gasteiger partial charge is 0.478 e. The summed E-state index contributed by atoms with van der Waals surface area (Å²) in [6.45, 7) is 1.74. The van der Waals surface area contributed by atoms with E-state index in [1.54, 1.807) is 6.92 Å². The first-order valence-electron chi connectivity index (χ1n) is 5.69. The maximum Gasteiger partial charge on any atom is 0.347 e. The Kier molecular flexibility index (Phi) is 6.79. The Bertz CT molecular complexity index is 418. The third-order valence-electron chi connectivity index (χ3n) is 2.24. The first kappa shape index (κ1) is 15.9. The number of carbonyl (C=O) groups is 2. The van der Waals surface area contributed by atoms with Crippen molar-refractivity contribution in [1.29, 1.82) is 0 Å². The van der Waals surface area contributed by atoms with Crippen molar-refractivity contribution in [2.45, 2.75) is 23.6 Å². The fourth-order valence-electron chi connectivity index (χ4n) is 1.25. The molecule has 19 heavy (non-hydrogen) atoms. The molecule has 0 aliphatic carbocycles. The highest BCUT2D eigenvalue weighted by Gasteiger charge is 2.24. The van der Waals surface area contributed by atoms with Crippen molar-refractivity contribution in [3.63, 3.8) is 0 Å². The standard InChI is InChI=1S/C13H15IO5/c1-9(14)13(17)19-11(12(15)16)8-18-7-10-5-3-2-4-6-10/h2-6,9,11H,7-8H2,1H3,(H,15,16)/t9?,11-/m0/s1. The molecule has 1 rings (SSSR count). The molecule has 0 aliphatic heterocycles. The summed E-state index contributed by atoms with van der Waals surface area (Å²) in [6.07, 6.45) is -1.27. The molecule has 1 aromatic carbocycles. The Morgan fingerprint density at radius 1 is 1.32 bits per heavy atom. The number of carboxylic acid groups (broad SMARTS) is 1. The van der Waals surface area contributed by atoms with Crippen LogP contribution in [0.1, 0.15) is 12.5 Å². The molecule has 0 aliphatic rings. The SMILES string of the molecule is CC(I)C(=O)O[C@@H](COCc1ccccc1)C(=O)O. The van der Waals surface area contributed by atoms with Crippen LogP contribution in [-0.2, 0) is 25.7 Å². The summed E-state index contributed by atoms with van der Waals surface area (Å²) in [4.78, 5) is 22.3. The van der Waals surface area contributed by atoms with E-state index < -0.39 is 22.0 Å². The molecule has 0 aromatic heterocycles. The number of aliphatic carboxylic acids is 1. The van der Waals surface area contributed by atoms with E-state index in [0.29, 0.717) is 0 Å². The number of carboxylic acids is 1. The number of carbonyl (C=O) groups excluding carboxylic acids is 1. The first-order valence-corrected chi connectivity index (χ1v) is 6.94. The van der Waals surface area contributed by atoms with Gasteiger partial charge in [0, 0.05) is 0 Å². The van der Waals surface area contributed by atoms with Gasteiger partial charge in [-0.2, -0.15) is 0 Å². The fraction of sp³-hybridized carbons (Fsp3) is 0.385. The average Bonchev–Trinajstić information content (AvgIpc) is 2.38. The number of alkyl halides is 1. The van der Waals surface area contributed by atoms with Crippen molar-refractivity contribution in [3.8, 4) is 0 Å². The Hall–Kier alpha value is -1.15. The summed E-state index contributed by atoms with van der Waals surface area (Å²) in [5.74, 6) is -1.77. The predicted octanol–water partition coefficient (Wildman–Crippen LogP) is 2.02. The Morgan fingerprint density at radius 3 is 2.47 bits per heavy atom. The minimum absolute atomic E-state index is 0.167. The minimum atomic E-state index is -1.27. The molecule has 0 amide bonds. The predicted molar refractivity (Wildman–Crippen MR) is 77.1 cm³/mol. The summed E-state index contributed by atoms with van der Waals surface area (Å²) in [5.41, 5.74) is 0.931. The molecule has 2 atom stereocenters. The Morgan fingerprint density at radius 2 is 1.95 bits per heavy atom. The van der Waals surface area contributed by atoms with Crippen molar-refractivity contribution in [2.24, 2.45) is 0 Å². The van der Waals surface area contributed by atoms with Gasteiger partial charge in [0.15, 0.2) is 0 Å². The van der Waals surface area contributed by atoms with E-state index in [1.807, 2.05) is 52.9 Å². The number of rotatable bonds is 7. The second-order valence-electron chi connectivity index (χ2n) is 3.88. The second-order valence-corrected chi connectivity index (χ2v) is 5.75. The molecule has 0 saturated heterocycles. The Balaban J connectivity index is 2.42. The van der Waals surface area contributed by atoms with Gasteiger partial charge in [-0.1, -0.05) is 52.9 Å². The quantitative estimate of drug-likeness (QED) is 0.447. The second kappa shape index (κ2) is 8.11. The molecule has 0 fully saturated rings. The highest BCUT2D eigenvalue weighted by atomic mass is 127. The zero-order valence-electron chi connectivity index (χ0n) is 10.4. The molecule has 104 valence electrons. The van der Waals surface area contributed by atoms with Crippen molar-refractivity contribution in [1.82, 2.24) is 0 Å². The van der Waals surface area contributed by atoms with Crippen molar-refractivity contribution in [2.75, 3.05) is 6.61 Å². The Labute approximate surface area is 125 Å². The van der Waals surface area contributed by atoms with Crippen LogP contribution in [0.2, 0.25) is 0 Å². The number of benzene rings is 1. The summed E-state index contributed by atoms with van der Waals surface area (Å²) >= 11 is 1.86. The maximum absolute atomic E-state index is 11.3. The zero-order valence-corrected chi connectivity index (χ0v) is 12.6. The maximum atomic E-state index is 11.3. The lowest BCUT2D eigenvalue weighted by Crippen LogP contribution is -2.33. The van der Waals surface area contributed by atoms with Crippen LogP contribution in [0, 0.1) is 0 Å². The molecule has 1 unspecified atom stereocenters. The van der Waals surface area contributed by atoms with Gasteiger partial charge in [-0.3, -0.25) is 4.79 Å². The highest BCUT2D eigenvalue weighted by Crippen LogP contribution is 2.06.